The standard InChI is InChI=1S/C10H18ClN/c1-10(2)5-4-9(8-10)12-7-3-6-11/h3,6,9,12H,4-5,7-8H2,1-2H3/b6-3+. The Morgan fingerprint density at radius 2 is 2.33 bits per heavy atom. The van der Waals surface area contributed by atoms with E-state index in [9.17, 15) is 0 Å². The molecule has 0 radical (unpaired) electrons. The van der Waals surface area contributed by atoms with Crippen molar-refractivity contribution in [1.29, 1.82) is 0 Å². The Kier molecular flexibility index (Phi) is 3.60. The molecule has 0 aromatic heterocycles. The van der Waals surface area contributed by atoms with Gasteiger partial charge in [0.05, 0.1) is 0 Å². The van der Waals surface area contributed by atoms with E-state index < -0.39 is 0 Å². The summed E-state index contributed by atoms with van der Waals surface area (Å²) in [7, 11) is 0. The molecule has 0 aliphatic heterocycles. The Hall–Kier alpha value is -0.0100. The zero-order valence-corrected chi connectivity index (χ0v) is 8.69. The topological polar surface area (TPSA) is 12.0 Å². The number of nitrogens with one attached hydrogen (secondary N) is 1. The van der Waals surface area contributed by atoms with E-state index >= 15 is 0 Å². The van der Waals surface area contributed by atoms with Crippen molar-refractivity contribution >= 4 is 11.6 Å². The third-order valence-corrected chi connectivity index (χ3v) is 2.76. The predicted molar refractivity (Wildman–Crippen MR) is 54.4 cm³/mol. The molecule has 12 heavy (non-hydrogen) atoms. The summed E-state index contributed by atoms with van der Waals surface area (Å²) < 4.78 is 0. The van der Waals surface area contributed by atoms with E-state index in [2.05, 4.69) is 19.2 Å². The van der Waals surface area contributed by atoms with E-state index in [1.54, 1.807) is 5.54 Å². The Labute approximate surface area is 80.2 Å². The maximum absolute atomic E-state index is 5.42. The average Bonchev–Trinajstić information content (AvgIpc) is 2.31. The van der Waals surface area contributed by atoms with E-state index in [1.807, 2.05) is 6.08 Å². The minimum atomic E-state index is 0.544. The summed E-state index contributed by atoms with van der Waals surface area (Å²) in [6.07, 6.45) is 5.90. The molecule has 1 N–H and O–H groups in total. The maximum Gasteiger partial charge on any atom is 0.0149 e. The summed E-state index contributed by atoms with van der Waals surface area (Å²) in [5.74, 6) is 0. The van der Waals surface area contributed by atoms with E-state index in [0.717, 1.165) is 6.54 Å². The van der Waals surface area contributed by atoms with Gasteiger partial charge in [-0.25, -0.2) is 0 Å². The molecule has 1 aliphatic rings. The lowest BCUT2D eigenvalue weighted by molar-refractivity contribution is 0.367. The molecule has 2 heteroatoms. The van der Waals surface area contributed by atoms with Crippen molar-refractivity contribution < 1.29 is 0 Å². The van der Waals surface area contributed by atoms with Gasteiger partial charge >= 0.3 is 0 Å². The second-order valence-corrected chi connectivity index (χ2v) is 4.63. The highest BCUT2D eigenvalue weighted by atomic mass is 35.5. The fourth-order valence-corrected chi connectivity index (χ4v) is 1.98. The van der Waals surface area contributed by atoms with E-state index in [4.69, 9.17) is 11.6 Å². The SMILES string of the molecule is CC1(C)CCC(NC/C=C/Cl)C1. The first-order valence-corrected chi connectivity index (χ1v) is 5.06. The summed E-state index contributed by atoms with van der Waals surface area (Å²) in [5.41, 5.74) is 2.12. The smallest absolute Gasteiger partial charge is 0.0149 e. The summed E-state index contributed by atoms with van der Waals surface area (Å²) in [6, 6.07) is 0.702. The van der Waals surface area contributed by atoms with Crippen LogP contribution in [0, 0.1) is 5.41 Å². The van der Waals surface area contributed by atoms with Crippen molar-refractivity contribution in [3.8, 4) is 0 Å². The van der Waals surface area contributed by atoms with Gasteiger partial charge in [-0.3, -0.25) is 0 Å². The van der Waals surface area contributed by atoms with Crippen molar-refractivity contribution in [3.05, 3.63) is 11.6 Å². The largest absolute Gasteiger partial charge is 0.310 e. The normalized spacial score (nSPS) is 28.4. The van der Waals surface area contributed by atoms with Gasteiger partial charge in [0.1, 0.15) is 0 Å². The monoisotopic (exact) mass is 187 g/mol. The molecule has 0 saturated heterocycles. The predicted octanol–water partition coefficient (Wildman–Crippen LogP) is 2.91. The molecule has 1 atom stereocenters. The average molecular weight is 188 g/mol. The molecule has 1 unspecified atom stereocenters. The quantitative estimate of drug-likeness (QED) is 0.717. The highest BCUT2D eigenvalue weighted by Crippen LogP contribution is 2.36. The molecule has 0 aromatic rings. The Morgan fingerprint density at radius 3 is 2.83 bits per heavy atom. The molecule has 0 aromatic carbocycles. The molecule has 1 rings (SSSR count). The van der Waals surface area contributed by atoms with Gasteiger partial charge in [0.2, 0.25) is 0 Å². The van der Waals surface area contributed by atoms with Gasteiger partial charge in [0, 0.05) is 18.1 Å². The number of halogens is 1. The molecule has 1 aliphatic carbocycles. The molecular formula is C10H18ClN. The van der Waals surface area contributed by atoms with Crippen molar-refractivity contribution in [1.82, 2.24) is 5.32 Å². The van der Waals surface area contributed by atoms with Crippen LogP contribution in [0.3, 0.4) is 0 Å². The molecular weight excluding hydrogens is 170 g/mol. The van der Waals surface area contributed by atoms with Crippen LogP contribution >= 0.6 is 11.6 Å². The Balaban J connectivity index is 2.19. The Bertz CT molecular complexity index is 163. The summed E-state index contributed by atoms with van der Waals surface area (Å²) in [6.45, 7) is 5.59. The first kappa shape index (κ1) is 10.1. The van der Waals surface area contributed by atoms with Crippen molar-refractivity contribution in [3.63, 3.8) is 0 Å². The lowest BCUT2D eigenvalue weighted by atomic mass is 9.92. The highest BCUT2D eigenvalue weighted by molar-refractivity contribution is 6.25. The van der Waals surface area contributed by atoms with Crippen LogP contribution in [0.1, 0.15) is 33.1 Å². The fourth-order valence-electron chi connectivity index (χ4n) is 1.89. The minimum Gasteiger partial charge on any atom is -0.310 e. The second-order valence-electron chi connectivity index (χ2n) is 4.37. The fraction of sp³-hybridized carbons (Fsp3) is 0.800. The first-order valence-electron chi connectivity index (χ1n) is 4.63. The van der Waals surface area contributed by atoms with Gasteiger partial charge in [-0.15, -0.1) is 0 Å². The van der Waals surface area contributed by atoms with Crippen LogP contribution < -0.4 is 5.32 Å². The van der Waals surface area contributed by atoms with Crippen molar-refractivity contribution in [2.45, 2.75) is 39.2 Å². The van der Waals surface area contributed by atoms with Gasteiger partial charge in [-0.05, 0) is 24.7 Å². The lowest BCUT2D eigenvalue weighted by Gasteiger charge is -2.17. The van der Waals surface area contributed by atoms with Gasteiger partial charge in [0.15, 0.2) is 0 Å². The summed E-state index contributed by atoms with van der Waals surface area (Å²) in [4.78, 5) is 0. The van der Waals surface area contributed by atoms with Crippen LogP contribution in [0.4, 0.5) is 0 Å². The van der Waals surface area contributed by atoms with Crippen LogP contribution in [-0.2, 0) is 0 Å². The second kappa shape index (κ2) is 4.29. The molecule has 0 spiro atoms. The van der Waals surface area contributed by atoms with Crippen LogP contribution in [-0.4, -0.2) is 12.6 Å². The zero-order chi connectivity index (χ0) is 9.03. The number of rotatable bonds is 3. The van der Waals surface area contributed by atoms with Crippen LogP contribution in [0.2, 0.25) is 0 Å². The van der Waals surface area contributed by atoms with Gasteiger partial charge < -0.3 is 5.32 Å². The number of hydrogen-bond acceptors (Lipinski definition) is 1. The summed E-state index contributed by atoms with van der Waals surface area (Å²) >= 11 is 5.42. The first-order chi connectivity index (χ1) is 5.64. The molecule has 1 nitrogen and oxygen atoms in total. The van der Waals surface area contributed by atoms with Gasteiger partial charge in [0.25, 0.3) is 0 Å². The van der Waals surface area contributed by atoms with Crippen LogP contribution in [0.25, 0.3) is 0 Å². The third kappa shape index (κ3) is 3.16. The molecule has 0 bridgehead atoms. The van der Waals surface area contributed by atoms with Crippen LogP contribution in [0.15, 0.2) is 11.6 Å². The molecule has 70 valence electrons. The molecule has 1 saturated carbocycles. The molecule has 0 amide bonds. The van der Waals surface area contributed by atoms with Crippen molar-refractivity contribution in [2.75, 3.05) is 6.54 Å². The minimum absolute atomic E-state index is 0.544. The number of hydrogen-bond donors (Lipinski definition) is 1. The van der Waals surface area contributed by atoms with Crippen LogP contribution in [0.5, 0.6) is 0 Å². The van der Waals surface area contributed by atoms with Gasteiger partial charge in [-0.2, -0.15) is 0 Å². The lowest BCUT2D eigenvalue weighted by Crippen LogP contribution is -2.27. The molecule has 0 heterocycles. The Morgan fingerprint density at radius 1 is 1.58 bits per heavy atom. The van der Waals surface area contributed by atoms with E-state index in [1.165, 1.54) is 19.3 Å². The maximum atomic E-state index is 5.42. The van der Waals surface area contributed by atoms with E-state index in [-0.39, 0.29) is 0 Å². The summed E-state index contributed by atoms with van der Waals surface area (Å²) in [5, 5.41) is 3.47. The van der Waals surface area contributed by atoms with Gasteiger partial charge in [-0.1, -0.05) is 31.5 Å². The highest BCUT2D eigenvalue weighted by Gasteiger charge is 2.29. The van der Waals surface area contributed by atoms with Crippen molar-refractivity contribution in [2.24, 2.45) is 5.41 Å². The third-order valence-electron chi connectivity index (χ3n) is 2.58. The molecule has 1 fully saturated rings. The van der Waals surface area contributed by atoms with E-state index in [0.29, 0.717) is 11.5 Å². The zero-order valence-electron chi connectivity index (χ0n) is 7.94.